The molecule has 0 bridgehead atoms. The average molecular weight is 484 g/mol. The SMILES string of the molecule is CC(=O)N[C@@H](Cc1ccc(F)c(C)c1)[C@H](O)CN[C@H]1CC2(CC2)Oc2ncc(CC(C)(C)C)cc21. The zero-order valence-electron chi connectivity index (χ0n) is 21.5. The number of pyridine rings is 1. The quantitative estimate of drug-likeness (QED) is 0.525. The summed E-state index contributed by atoms with van der Waals surface area (Å²) in [5.74, 6) is 0.203. The Hall–Kier alpha value is -2.51. The van der Waals surface area contributed by atoms with Crippen molar-refractivity contribution in [3.63, 3.8) is 0 Å². The largest absolute Gasteiger partial charge is 0.471 e. The minimum atomic E-state index is -0.823. The highest BCUT2D eigenvalue weighted by atomic mass is 19.1. The van der Waals surface area contributed by atoms with Crippen molar-refractivity contribution in [2.75, 3.05) is 6.54 Å². The molecule has 7 heteroatoms. The molecule has 35 heavy (non-hydrogen) atoms. The van der Waals surface area contributed by atoms with Gasteiger partial charge in [0.1, 0.15) is 11.4 Å². The van der Waals surface area contributed by atoms with E-state index in [2.05, 4.69) is 42.5 Å². The second kappa shape index (κ2) is 9.86. The lowest BCUT2D eigenvalue weighted by Crippen LogP contribution is -2.49. The van der Waals surface area contributed by atoms with Gasteiger partial charge < -0.3 is 20.5 Å². The molecule has 1 aliphatic carbocycles. The zero-order chi connectivity index (χ0) is 25.4. The van der Waals surface area contributed by atoms with Gasteiger partial charge in [-0.1, -0.05) is 32.9 Å². The predicted octanol–water partition coefficient (Wildman–Crippen LogP) is 4.17. The van der Waals surface area contributed by atoms with Crippen LogP contribution in [0, 0.1) is 18.2 Å². The van der Waals surface area contributed by atoms with Crippen molar-refractivity contribution in [3.8, 4) is 5.88 Å². The number of carbonyl (C=O) groups excluding carboxylic acids is 1. The van der Waals surface area contributed by atoms with Crippen LogP contribution in [-0.4, -0.2) is 40.3 Å². The van der Waals surface area contributed by atoms with E-state index in [1.165, 1.54) is 18.6 Å². The summed E-state index contributed by atoms with van der Waals surface area (Å²) in [6.07, 6.45) is 5.26. The molecule has 1 saturated carbocycles. The van der Waals surface area contributed by atoms with Gasteiger partial charge in [-0.15, -0.1) is 0 Å². The highest BCUT2D eigenvalue weighted by molar-refractivity contribution is 5.73. The number of aliphatic hydroxyl groups excluding tert-OH is 1. The first-order chi connectivity index (χ1) is 16.4. The van der Waals surface area contributed by atoms with E-state index >= 15 is 0 Å². The van der Waals surface area contributed by atoms with Crippen LogP contribution in [0.5, 0.6) is 5.88 Å². The number of hydrogen-bond acceptors (Lipinski definition) is 5. The highest BCUT2D eigenvalue weighted by Crippen LogP contribution is 2.51. The number of aryl methyl sites for hydroxylation is 1. The molecule has 0 unspecified atom stereocenters. The summed E-state index contributed by atoms with van der Waals surface area (Å²) in [5, 5.41) is 17.5. The van der Waals surface area contributed by atoms with Crippen LogP contribution in [0.15, 0.2) is 30.5 Å². The molecule has 1 aromatic heterocycles. The van der Waals surface area contributed by atoms with E-state index in [0.29, 0.717) is 24.4 Å². The first kappa shape index (κ1) is 25.6. The fourth-order valence-corrected chi connectivity index (χ4v) is 4.95. The van der Waals surface area contributed by atoms with Crippen molar-refractivity contribution in [3.05, 3.63) is 58.5 Å². The third-order valence-corrected chi connectivity index (χ3v) is 6.85. The third kappa shape index (κ3) is 6.58. The van der Waals surface area contributed by atoms with Gasteiger partial charge in [-0.25, -0.2) is 9.37 Å². The average Bonchev–Trinajstić information content (AvgIpc) is 3.51. The van der Waals surface area contributed by atoms with Crippen LogP contribution in [0.3, 0.4) is 0 Å². The molecule has 3 N–H and O–H groups in total. The van der Waals surface area contributed by atoms with Crippen LogP contribution in [0.4, 0.5) is 4.39 Å². The summed E-state index contributed by atoms with van der Waals surface area (Å²) in [5.41, 5.74) is 3.60. The van der Waals surface area contributed by atoms with Gasteiger partial charge in [0.2, 0.25) is 11.8 Å². The Morgan fingerprint density at radius 3 is 2.66 bits per heavy atom. The van der Waals surface area contributed by atoms with Crippen LogP contribution >= 0.6 is 0 Å². The van der Waals surface area contributed by atoms with E-state index in [-0.39, 0.29) is 28.8 Å². The van der Waals surface area contributed by atoms with E-state index in [4.69, 9.17) is 4.74 Å². The van der Waals surface area contributed by atoms with E-state index in [0.717, 1.165) is 36.8 Å². The Bertz CT molecular complexity index is 1080. The van der Waals surface area contributed by atoms with E-state index in [1.54, 1.807) is 19.1 Å². The first-order valence-electron chi connectivity index (χ1n) is 12.5. The maximum absolute atomic E-state index is 13.7. The van der Waals surface area contributed by atoms with Gasteiger partial charge in [0.25, 0.3) is 0 Å². The van der Waals surface area contributed by atoms with Gasteiger partial charge in [0.05, 0.1) is 12.1 Å². The van der Waals surface area contributed by atoms with Crippen LogP contribution in [0.2, 0.25) is 0 Å². The Labute approximate surface area is 207 Å². The number of halogens is 1. The van der Waals surface area contributed by atoms with E-state index in [1.807, 2.05) is 6.20 Å². The van der Waals surface area contributed by atoms with Crippen molar-refractivity contribution in [1.82, 2.24) is 15.6 Å². The molecule has 1 spiro atoms. The van der Waals surface area contributed by atoms with Crippen LogP contribution in [0.25, 0.3) is 0 Å². The van der Waals surface area contributed by atoms with E-state index < -0.39 is 12.1 Å². The molecule has 2 aromatic rings. The normalized spacial score (nSPS) is 20.0. The first-order valence-corrected chi connectivity index (χ1v) is 12.5. The van der Waals surface area contributed by atoms with Gasteiger partial charge in [0.15, 0.2) is 0 Å². The summed E-state index contributed by atoms with van der Waals surface area (Å²) >= 11 is 0. The molecule has 6 nitrogen and oxygen atoms in total. The zero-order valence-corrected chi connectivity index (χ0v) is 21.5. The number of amides is 1. The smallest absolute Gasteiger partial charge is 0.218 e. The molecule has 2 heterocycles. The Morgan fingerprint density at radius 1 is 1.29 bits per heavy atom. The monoisotopic (exact) mass is 483 g/mol. The van der Waals surface area contributed by atoms with Crippen LogP contribution < -0.4 is 15.4 Å². The number of carbonyl (C=O) groups is 1. The molecular formula is C28H38FN3O3. The number of nitrogens with one attached hydrogen (secondary N) is 2. The topological polar surface area (TPSA) is 83.5 Å². The number of ether oxygens (including phenoxy) is 1. The molecule has 1 fully saturated rings. The Kier molecular flexibility index (Phi) is 7.21. The standard InChI is InChI=1S/C28H38FN3O3/c1-17-10-19(6-7-22(17)29)12-23(32-18(2)33)25(34)16-30-24-14-28(8-9-28)35-26-21(24)11-20(15-31-26)13-27(3,4)5/h6-7,10-11,15,23-25,30,34H,8-9,12-14,16H2,1-5H3,(H,32,33)/t23-,24-,25+/m0/s1. The summed E-state index contributed by atoms with van der Waals surface area (Å²) < 4.78 is 19.9. The number of rotatable bonds is 8. The van der Waals surface area contributed by atoms with Crippen molar-refractivity contribution in [2.45, 2.75) is 90.5 Å². The fourth-order valence-electron chi connectivity index (χ4n) is 4.95. The second-order valence-corrected chi connectivity index (χ2v) is 11.6. The molecular weight excluding hydrogens is 445 g/mol. The van der Waals surface area contributed by atoms with Crippen LogP contribution in [0.1, 0.15) is 75.3 Å². The van der Waals surface area contributed by atoms with E-state index in [9.17, 15) is 14.3 Å². The molecule has 0 saturated heterocycles. The molecule has 1 aliphatic heterocycles. The van der Waals surface area contributed by atoms with Gasteiger partial charge in [-0.3, -0.25) is 4.79 Å². The summed E-state index contributed by atoms with van der Waals surface area (Å²) in [6.45, 7) is 10.1. The molecule has 0 radical (unpaired) electrons. The van der Waals surface area contributed by atoms with Gasteiger partial charge in [-0.2, -0.15) is 0 Å². The Morgan fingerprint density at radius 2 is 2.03 bits per heavy atom. The van der Waals surface area contributed by atoms with Gasteiger partial charge in [-0.05, 0) is 66.8 Å². The van der Waals surface area contributed by atoms with Crippen molar-refractivity contribution in [1.29, 1.82) is 0 Å². The number of hydrogen-bond donors (Lipinski definition) is 3. The molecule has 3 atom stereocenters. The van der Waals surface area contributed by atoms with Crippen molar-refractivity contribution >= 4 is 5.91 Å². The molecule has 2 aliphatic rings. The van der Waals surface area contributed by atoms with Crippen LogP contribution in [-0.2, 0) is 17.6 Å². The maximum Gasteiger partial charge on any atom is 0.218 e. The number of benzene rings is 1. The molecule has 1 amide bonds. The van der Waals surface area contributed by atoms with Crippen molar-refractivity contribution in [2.24, 2.45) is 5.41 Å². The fraction of sp³-hybridized carbons (Fsp3) is 0.571. The molecule has 190 valence electrons. The molecule has 4 rings (SSSR count). The minimum absolute atomic E-state index is 0.00867. The number of fused-ring (bicyclic) bond motifs is 1. The van der Waals surface area contributed by atoms with Gasteiger partial charge >= 0.3 is 0 Å². The Balaban J connectivity index is 1.48. The number of aliphatic hydroxyl groups is 1. The number of aromatic nitrogens is 1. The lowest BCUT2D eigenvalue weighted by atomic mass is 9.87. The van der Waals surface area contributed by atoms with Crippen molar-refractivity contribution < 1.29 is 19.0 Å². The third-order valence-electron chi connectivity index (χ3n) is 6.85. The highest BCUT2D eigenvalue weighted by Gasteiger charge is 2.51. The second-order valence-electron chi connectivity index (χ2n) is 11.6. The summed E-state index contributed by atoms with van der Waals surface area (Å²) in [7, 11) is 0. The lowest BCUT2D eigenvalue weighted by molar-refractivity contribution is -0.120. The lowest BCUT2D eigenvalue weighted by Gasteiger charge is -2.34. The maximum atomic E-state index is 13.7. The predicted molar refractivity (Wildman–Crippen MR) is 134 cm³/mol. The molecule has 1 aromatic carbocycles. The number of nitrogens with zero attached hydrogens (tertiary/aromatic N) is 1. The van der Waals surface area contributed by atoms with Gasteiger partial charge in [0, 0.05) is 37.7 Å². The summed E-state index contributed by atoms with van der Waals surface area (Å²) in [4.78, 5) is 16.5. The summed E-state index contributed by atoms with van der Waals surface area (Å²) in [6, 6.07) is 6.58. The minimum Gasteiger partial charge on any atom is -0.471 e.